The van der Waals surface area contributed by atoms with Gasteiger partial charge in [-0.15, -0.1) is 11.3 Å². The van der Waals surface area contributed by atoms with Gasteiger partial charge >= 0.3 is 0 Å². The number of hydrogen-bond donors (Lipinski definition) is 0. The van der Waals surface area contributed by atoms with Crippen molar-refractivity contribution in [3.63, 3.8) is 0 Å². The molecule has 0 aliphatic carbocycles. The lowest BCUT2D eigenvalue weighted by Crippen LogP contribution is -2.24. The fraction of sp³-hybridized carbons (Fsp3) is 0.261. The number of aromatic nitrogens is 3. The topological polar surface area (TPSA) is 84.7 Å². The summed E-state index contributed by atoms with van der Waals surface area (Å²) in [6.45, 7) is 2.11. The van der Waals surface area contributed by atoms with E-state index >= 15 is 0 Å². The number of benzene rings is 2. The van der Waals surface area contributed by atoms with Crippen molar-refractivity contribution >= 4 is 21.6 Å². The van der Waals surface area contributed by atoms with E-state index in [-0.39, 0.29) is 12.1 Å². The zero-order valence-electron chi connectivity index (χ0n) is 18.5. The molecule has 0 saturated heterocycles. The smallest absolute Gasteiger partial charge is 0.294 e. The van der Waals surface area contributed by atoms with Gasteiger partial charge in [-0.05, 0) is 42.8 Å². The van der Waals surface area contributed by atoms with Crippen LogP contribution in [0.5, 0.6) is 23.0 Å². The van der Waals surface area contributed by atoms with Crippen LogP contribution in [-0.4, -0.2) is 43.2 Å². The number of aryl methyl sites for hydroxylation is 1. The molecule has 2 aromatic carbocycles. The molecule has 0 saturated carbocycles. The van der Waals surface area contributed by atoms with E-state index in [1.807, 2.05) is 37.3 Å². The monoisotopic (exact) mass is 453 g/mol. The zero-order valence-corrected chi connectivity index (χ0v) is 19.3. The molecule has 0 unspecified atom stereocenters. The molecular formula is C23H23N3O5S. The van der Waals surface area contributed by atoms with Crippen molar-refractivity contribution in [3.8, 4) is 34.3 Å². The Kier molecular flexibility index (Phi) is 6.00. The Morgan fingerprint density at radius 3 is 2.22 bits per heavy atom. The average molecular weight is 454 g/mol. The summed E-state index contributed by atoms with van der Waals surface area (Å²) >= 11 is 1.44. The highest BCUT2D eigenvalue weighted by molar-refractivity contribution is 7.19. The molecule has 4 aromatic rings. The molecule has 0 aliphatic rings. The van der Waals surface area contributed by atoms with Gasteiger partial charge in [-0.3, -0.25) is 4.79 Å². The van der Waals surface area contributed by atoms with E-state index in [1.165, 1.54) is 16.0 Å². The molecule has 0 atom stereocenters. The van der Waals surface area contributed by atoms with Crippen LogP contribution in [0.15, 0.2) is 41.2 Å². The van der Waals surface area contributed by atoms with Gasteiger partial charge in [0.15, 0.2) is 17.0 Å². The molecule has 4 rings (SSSR count). The molecule has 0 bridgehead atoms. The number of fused-ring (bicyclic) bond motifs is 1. The molecule has 32 heavy (non-hydrogen) atoms. The van der Waals surface area contributed by atoms with Crippen LogP contribution in [-0.2, 0) is 6.54 Å². The minimum Gasteiger partial charge on any atom is -0.497 e. The van der Waals surface area contributed by atoms with Crippen molar-refractivity contribution in [2.45, 2.75) is 13.5 Å². The van der Waals surface area contributed by atoms with Crippen molar-refractivity contribution in [1.82, 2.24) is 14.8 Å². The Morgan fingerprint density at radius 1 is 0.906 bits per heavy atom. The highest BCUT2D eigenvalue weighted by Crippen LogP contribution is 2.35. The second-order valence-corrected chi connectivity index (χ2v) is 8.22. The molecule has 2 heterocycles. The summed E-state index contributed by atoms with van der Waals surface area (Å²) in [5.41, 5.74) is 2.41. The van der Waals surface area contributed by atoms with Crippen molar-refractivity contribution in [3.05, 3.63) is 57.3 Å². The van der Waals surface area contributed by atoms with Crippen molar-refractivity contribution in [2.24, 2.45) is 0 Å². The van der Waals surface area contributed by atoms with E-state index in [1.54, 1.807) is 34.5 Å². The lowest BCUT2D eigenvalue weighted by atomic mass is 10.1. The lowest BCUT2D eigenvalue weighted by molar-refractivity contribution is 0.355. The number of ether oxygens (including phenoxy) is 4. The van der Waals surface area contributed by atoms with E-state index in [0.717, 1.165) is 20.8 Å². The Balaban J connectivity index is 1.89. The summed E-state index contributed by atoms with van der Waals surface area (Å²) in [5, 5.41) is 5.51. The molecule has 0 aliphatic heterocycles. The Morgan fingerprint density at radius 2 is 1.59 bits per heavy atom. The van der Waals surface area contributed by atoms with Crippen molar-refractivity contribution in [2.75, 3.05) is 28.4 Å². The van der Waals surface area contributed by atoms with Gasteiger partial charge in [0.1, 0.15) is 17.2 Å². The molecule has 9 heteroatoms. The van der Waals surface area contributed by atoms with Gasteiger partial charge in [0.25, 0.3) is 5.56 Å². The number of methoxy groups -OCH3 is 4. The van der Waals surface area contributed by atoms with Crippen LogP contribution in [0, 0.1) is 6.92 Å². The molecule has 0 radical (unpaired) electrons. The van der Waals surface area contributed by atoms with Crippen molar-refractivity contribution < 1.29 is 18.9 Å². The SMILES string of the molecule is COc1cc(Cn2nc(-c3ccc(OC)c(OC)c3)c3sc(C)nc3c2=O)cc(OC)c1. The third kappa shape index (κ3) is 3.99. The summed E-state index contributed by atoms with van der Waals surface area (Å²) < 4.78 is 23.7. The minimum absolute atomic E-state index is 0.235. The number of hydrogen-bond acceptors (Lipinski definition) is 8. The van der Waals surface area contributed by atoms with E-state index in [0.29, 0.717) is 34.2 Å². The fourth-order valence-electron chi connectivity index (χ4n) is 3.48. The van der Waals surface area contributed by atoms with Gasteiger partial charge in [-0.25, -0.2) is 9.67 Å². The van der Waals surface area contributed by atoms with Crippen LogP contribution < -0.4 is 24.5 Å². The molecule has 8 nitrogen and oxygen atoms in total. The van der Waals surface area contributed by atoms with Crippen LogP contribution in [0.4, 0.5) is 0 Å². The highest BCUT2D eigenvalue weighted by Gasteiger charge is 2.18. The van der Waals surface area contributed by atoms with Gasteiger partial charge in [0, 0.05) is 11.6 Å². The van der Waals surface area contributed by atoms with Crippen LogP contribution >= 0.6 is 11.3 Å². The minimum atomic E-state index is -0.254. The normalized spacial score (nSPS) is 10.9. The van der Waals surface area contributed by atoms with Crippen LogP contribution in [0.25, 0.3) is 21.5 Å². The first kappa shape index (κ1) is 21.6. The molecule has 0 fully saturated rings. The van der Waals surface area contributed by atoms with E-state index in [9.17, 15) is 4.79 Å². The summed E-state index contributed by atoms with van der Waals surface area (Å²) in [6, 6.07) is 11.0. The fourth-order valence-corrected chi connectivity index (χ4v) is 4.39. The first-order chi connectivity index (χ1) is 15.5. The Labute approximate surface area is 189 Å². The summed E-state index contributed by atoms with van der Waals surface area (Å²) in [5.74, 6) is 2.47. The van der Waals surface area contributed by atoms with E-state index < -0.39 is 0 Å². The molecule has 166 valence electrons. The summed E-state index contributed by atoms with van der Waals surface area (Å²) in [6.07, 6.45) is 0. The second-order valence-electron chi connectivity index (χ2n) is 7.01. The number of thiazole rings is 1. The quantitative estimate of drug-likeness (QED) is 0.419. The molecule has 0 N–H and O–H groups in total. The summed E-state index contributed by atoms with van der Waals surface area (Å²) in [4.78, 5) is 17.7. The molecular weight excluding hydrogens is 430 g/mol. The van der Waals surface area contributed by atoms with E-state index in [4.69, 9.17) is 24.0 Å². The maximum absolute atomic E-state index is 13.2. The predicted molar refractivity (Wildman–Crippen MR) is 124 cm³/mol. The maximum atomic E-state index is 13.2. The standard InChI is InChI=1S/C23H23N3O5S/c1-13-24-21-22(32-13)20(15-6-7-18(30-4)19(10-15)31-5)25-26(23(21)27)12-14-8-16(28-2)11-17(9-14)29-3/h6-11H,12H2,1-5H3. The largest absolute Gasteiger partial charge is 0.497 e. The number of rotatable bonds is 7. The first-order valence-corrected chi connectivity index (χ1v) is 10.6. The second kappa shape index (κ2) is 8.88. The van der Waals surface area contributed by atoms with Gasteiger partial charge in [-0.2, -0.15) is 5.10 Å². The maximum Gasteiger partial charge on any atom is 0.294 e. The zero-order chi connectivity index (χ0) is 22.8. The van der Waals surface area contributed by atoms with Crippen LogP contribution in [0.2, 0.25) is 0 Å². The lowest BCUT2D eigenvalue weighted by Gasteiger charge is -2.12. The Hall–Kier alpha value is -3.59. The molecule has 0 spiro atoms. The predicted octanol–water partition coefficient (Wildman–Crippen LogP) is 3.91. The highest BCUT2D eigenvalue weighted by atomic mass is 32.1. The third-order valence-corrected chi connectivity index (χ3v) is 5.98. The van der Waals surface area contributed by atoms with Gasteiger partial charge in [0.2, 0.25) is 0 Å². The first-order valence-electron chi connectivity index (χ1n) is 9.80. The van der Waals surface area contributed by atoms with Gasteiger partial charge in [-0.1, -0.05) is 0 Å². The van der Waals surface area contributed by atoms with Crippen LogP contribution in [0.1, 0.15) is 10.6 Å². The number of nitrogens with zero attached hydrogens (tertiary/aromatic N) is 3. The van der Waals surface area contributed by atoms with Crippen LogP contribution in [0.3, 0.4) is 0 Å². The van der Waals surface area contributed by atoms with Gasteiger partial charge in [0.05, 0.1) is 44.7 Å². The average Bonchev–Trinajstić information content (AvgIpc) is 3.21. The third-order valence-electron chi connectivity index (χ3n) is 5.01. The molecule has 0 amide bonds. The van der Waals surface area contributed by atoms with Crippen molar-refractivity contribution in [1.29, 1.82) is 0 Å². The summed E-state index contributed by atoms with van der Waals surface area (Å²) in [7, 11) is 6.34. The van der Waals surface area contributed by atoms with E-state index in [2.05, 4.69) is 4.98 Å². The molecule has 2 aromatic heterocycles. The Bertz CT molecular complexity index is 1320. The van der Waals surface area contributed by atoms with Gasteiger partial charge < -0.3 is 18.9 Å².